The number of quaternary nitrogens is 1. The minimum Gasteiger partial charge on any atom is -0.379 e. The molecule has 2 N–H and O–H groups in total. The van der Waals surface area contributed by atoms with Crippen LogP contribution in [0.4, 0.5) is 17.1 Å². The van der Waals surface area contributed by atoms with Crippen molar-refractivity contribution in [1.29, 1.82) is 0 Å². The average Bonchev–Trinajstić information content (AvgIpc) is 3.14. The lowest BCUT2D eigenvalue weighted by atomic mass is 10.2. The molecule has 0 atom stereocenters. The fourth-order valence-electron chi connectivity index (χ4n) is 3.47. The minimum atomic E-state index is -0.302. The average molecular weight is 335 g/mol. The van der Waals surface area contributed by atoms with Gasteiger partial charge in [0.05, 0.1) is 24.7 Å². The Balaban J connectivity index is 1.57. The normalized spacial score (nSPS) is 18.8. The van der Waals surface area contributed by atoms with Crippen molar-refractivity contribution in [1.82, 2.24) is 0 Å². The summed E-state index contributed by atoms with van der Waals surface area (Å²) in [6.07, 6.45) is 3.39. The molecule has 2 fully saturated rings. The molecule has 1 aromatic carbocycles. The summed E-state index contributed by atoms with van der Waals surface area (Å²) < 4.78 is 5.36. The van der Waals surface area contributed by atoms with Crippen LogP contribution in [-0.2, 0) is 4.74 Å². The van der Waals surface area contributed by atoms with Crippen LogP contribution in [0.25, 0.3) is 0 Å². The number of ether oxygens (including phenoxy) is 1. The first-order chi connectivity index (χ1) is 11.7. The number of rotatable bonds is 7. The van der Waals surface area contributed by atoms with Crippen molar-refractivity contribution >= 4 is 17.1 Å². The molecular formula is C17H27N4O3+. The van der Waals surface area contributed by atoms with E-state index in [4.69, 9.17) is 4.74 Å². The molecule has 0 aliphatic carbocycles. The maximum Gasteiger partial charge on any atom is 0.292 e. The number of benzene rings is 1. The van der Waals surface area contributed by atoms with Gasteiger partial charge in [-0.1, -0.05) is 0 Å². The molecule has 24 heavy (non-hydrogen) atoms. The summed E-state index contributed by atoms with van der Waals surface area (Å²) in [5.41, 5.74) is 1.89. The Morgan fingerprint density at radius 3 is 2.71 bits per heavy atom. The number of hydrogen-bond donors (Lipinski definition) is 2. The largest absolute Gasteiger partial charge is 0.379 e. The van der Waals surface area contributed by atoms with Gasteiger partial charge in [-0.2, -0.15) is 0 Å². The topological polar surface area (TPSA) is 72.1 Å². The van der Waals surface area contributed by atoms with Crippen LogP contribution in [0.5, 0.6) is 0 Å². The van der Waals surface area contributed by atoms with Crippen molar-refractivity contribution < 1.29 is 14.6 Å². The van der Waals surface area contributed by atoms with E-state index >= 15 is 0 Å². The molecule has 0 unspecified atom stereocenters. The molecule has 0 saturated carbocycles. The van der Waals surface area contributed by atoms with Gasteiger partial charge in [0, 0.05) is 37.8 Å². The molecule has 0 radical (unpaired) electrons. The highest BCUT2D eigenvalue weighted by atomic mass is 16.6. The third-order valence-corrected chi connectivity index (χ3v) is 4.87. The Hall–Kier alpha value is -1.86. The predicted octanol–water partition coefficient (Wildman–Crippen LogP) is 0.912. The van der Waals surface area contributed by atoms with E-state index in [1.54, 1.807) is 11.0 Å². The van der Waals surface area contributed by atoms with Crippen LogP contribution in [0, 0.1) is 10.1 Å². The van der Waals surface area contributed by atoms with Crippen molar-refractivity contribution in [3.8, 4) is 0 Å². The summed E-state index contributed by atoms with van der Waals surface area (Å²) in [6, 6.07) is 5.43. The maximum atomic E-state index is 11.3. The predicted molar refractivity (Wildman–Crippen MR) is 94.0 cm³/mol. The molecule has 132 valence electrons. The Bertz CT molecular complexity index is 555. The molecule has 2 aliphatic rings. The zero-order valence-electron chi connectivity index (χ0n) is 14.1. The van der Waals surface area contributed by atoms with E-state index in [-0.39, 0.29) is 10.6 Å². The quantitative estimate of drug-likeness (QED) is 0.440. The Morgan fingerprint density at radius 2 is 2.00 bits per heavy atom. The van der Waals surface area contributed by atoms with Crippen LogP contribution in [0.3, 0.4) is 0 Å². The summed E-state index contributed by atoms with van der Waals surface area (Å²) in [4.78, 5) is 14.8. The monoisotopic (exact) mass is 335 g/mol. The van der Waals surface area contributed by atoms with Crippen molar-refractivity contribution in [3.63, 3.8) is 0 Å². The number of nitro benzene ring substituents is 1. The lowest BCUT2D eigenvalue weighted by molar-refractivity contribution is -0.908. The van der Waals surface area contributed by atoms with Crippen LogP contribution >= 0.6 is 0 Å². The number of nitrogens with zero attached hydrogens (tertiary/aromatic N) is 2. The maximum absolute atomic E-state index is 11.3. The summed E-state index contributed by atoms with van der Waals surface area (Å²) in [7, 11) is 0. The van der Waals surface area contributed by atoms with Crippen molar-refractivity contribution in [2.75, 3.05) is 62.7 Å². The van der Waals surface area contributed by atoms with Crippen LogP contribution in [0.1, 0.15) is 19.3 Å². The van der Waals surface area contributed by atoms with E-state index in [1.807, 2.05) is 12.1 Å². The van der Waals surface area contributed by atoms with Gasteiger partial charge in [-0.15, -0.1) is 0 Å². The highest BCUT2D eigenvalue weighted by Crippen LogP contribution is 2.31. The molecule has 0 bridgehead atoms. The van der Waals surface area contributed by atoms with E-state index < -0.39 is 0 Å². The molecule has 2 saturated heterocycles. The van der Waals surface area contributed by atoms with Crippen molar-refractivity contribution in [2.24, 2.45) is 0 Å². The number of nitrogens with one attached hydrogen (secondary N) is 2. The molecule has 2 heterocycles. The van der Waals surface area contributed by atoms with Gasteiger partial charge in [0.25, 0.3) is 5.69 Å². The minimum absolute atomic E-state index is 0.164. The van der Waals surface area contributed by atoms with E-state index in [0.717, 1.165) is 64.6 Å². The second-order valence-corrected chi connectivity index (χ2v) is 6.55. The third kappa shape index (κ3) is 4.36. The lowest BCUT2D eigenvalue weighted by Crippen LogP contribution is -3.14. The van der Waals surface area contributed by atoms with Crippen LogP contribution in [0.15, 0.2) is 18.2 Å². The van der Waals surface area contributed by atoms with Crippen molar-refractivity contribution in [3.05, 3.63) is 28.3 Å². The molecule has 2 aliphatic heterocycles. The zero-order valence-corrected chi connectivity index (χ0v) is 14.1. The summed E-state index contributed by atoms with van der Waals surface area (Å²) in [5, 5.41) is 14.6. The zero-order chi connectivity index (χ0) is 16.8. The second-order valence-electron chi connectivity index (χ2n) is 6.55. The first-order valence-electron chi connectivity index (χ1n) is 8.92. The van der Waals surface area contributed by atoms with Gasteiger partial charge >= 0.3 is 0 Å². The molecule has 3 rings (SSSR count). The van der Waals surface area contributed by atoms with E-state index in [0.29, 0.717) is 5.69 Å². The molecule has 0 aromatic heterocycles. The smallest absolute Gasteiger partial charge is 0.292 e. The number of anilines is 2. The lowest BCUT2D eigenvalue weighted by Gasteiger charge is -2.23. The van der Waals surface area contributed by atoms with Crippen LogP contribution in [0.2, 0.25) is 0 Å². The second kappa shape index (κ2) is 8.30. The molecule has 0 amide bonds. The first kappa shape index (κ1) is 17.0. The standard InChI is InChI=1S/C17H26N4O3/c22-21(23)17-5-4-15(20-8-1-2-9-20)14-16(17)18-6-3-7-19-10-12-24-13-11-19/h4-5,14,18H,1-3,6-13H2/p+1. The number of nitro groups is 1. The molecular weight excluding hydrogens is 308 g/mol. The summed E-state index contributed by atoms with van der Waals surface area (Å²) in [6.45, 7) is 7.72. The van der Waals surface area contributed by atoms with Gasteiger partial charge in [0.15, 0.2) is 0 Å². The van der Waals surface area contributed by atoms with E-state index in [1.165, 1.54) is 12.8 Å². The van der Waals surface area contributed by atoms with Gasteiger partial charge in [-0.05, 0) is 25.0 Å². The summed E-state index contributed by atoms with van der Waals surface area (Å²) in [5.74, 6) is 0. The van der Waals surface area contributed by atoms with Crippen molar-refractivity contribution in [2.45, 2.75) is 19.3 Å². The number of morpholine rings is 1. The van der Waals surface area contributed by atoms with Gasteiger partial charge in [-0.25, -0.2) is 0 Å². The highest BCUT2D eigenvalue weighted by Gasteiger charge is 2.19. The van der Waals surface area contributed by atoms with Gasteiger partial charge in [0.1, 0.15) is 18.8 Å². The molecule has 7 nitrogen and oxygen atoms in total. The third-order valence-electron chi connectivity index (χ3n) is 4.87. The fraction of sp³-hybridized carbons (Fsp3) is 0.647. The van der Waals surface area contributed by atoms with E-state index in [9.17, 15) is 10.1 Å². The number of hydrogen-bond acceptors (Lipinski definition) is 5. The van der Waals surface area contributed by atoms with Crippen LogP contribution < -0.4 is 15.1 Å². The Kier molecular flexibility index (Phi) is 5.87. The van der Waals surface area contributed by atoms with Crippen LogP contribution in [-0.4, -0.2) is 57.4 Å². The van der Waals surface area contributed by atoms with E-state index in [2.05, 4.69) is 10.2 Å². The Labute approximate surface area is 142 Å². The summed E-state index contributed by atoms with van der Waals surface area (Å²) >= 11 is 0. The first-order valence-corrected chi connectivity index (χ1v) is 8.92. The molecule has 7 heteroatoms. The SMILES string of the molecule is O=[N+]([O-])c1ccc(N2CCCC2)cc1NCCC[NH+]1CCOCC1. The van der Waals surface area contributed by atoms with Gasteiger partial charge in [-0.3, -0.25) is 10.1 Å². The molecule has 1 aromatic rings. The fourth-order valence-corrected chi connectivity index (χ4v) is 3.47. The highest BCUT2D eigenvalue weighted by molar-refractivity contribution is 5.69. The Morgan fingerprint density at radius 1 is 1.25 bits per heavy atom. The van der Waals surface area contributed by atoms with Gasteiger partial charge in [0.2, 0.25) is 0 Å². The molecule has 0 spiro atoms. The van der Waals surface area contributed by atoms with Gasteiger partial charge < -0.3 is 19.9 Å².